The highest BCUT2D eigenvalue weighted by atomic mass is 32.2. The molecular formula is C19H41O5PS. The van der Waals surface area contributed by atoms with Gasteiger partial charge in [-0.15, -0.1) is 0 Å². The molecule has 0 rings (SSSR count). The quantitative estimate of drug-likeness (QED) is 0.176. The molecule has 0 aliphatic rings. The van der Waals surface area contributed by atoms with Gasteiger partial charge in [-0.2, -0.15) is 11.8 Å². The molecule has 0 fully saturated rings. The highest BCUT2D eigenvalue weighted by Crippen LogP contribution is 2.35. The van der Waals surface area contributed by atoms with Gasteiger partial charge in [0.15, 0.2) is 0 Å². The lowest BCUT2D eigenvalue weighted by Crippen LogP contribution is -2.17. The summed E-state index contributed by atoms with van der Waals surface area (Å²) < 4.78 is 14.8. The third-order valence-corrected chi connectivity index (χ3v) is 6.07. The van der Waals surface area contributed by atoms with Gasteiger partial charge in [-0.3, -0.25) is 4.52 Å². The fraction of sp³-hybridized carbons (Fsp3) is 1.00. The van der Waals surface area contributed by atoms with Gasteiger partial charge in [0.05, 0.1) is 12.7 Å². The molecule has 158 valence electrons. The number of hydrogen-bond acceptors (Lipinski definition) is 4. The van der Waals surface area contributed by atoms with E-state index in [2.05, 4.69) is 11.4 Å². The minimum absolute atomic E-state index is 0.310. The molecular weight excluding hydrogens is 371 g/mol. The average Bonchev–Trinajstić information content (AvgIpc) is 2.59. The van der Waals surface area contributed by atoms with Gasteiger partial charge in [0.1, 0.15) is 0 Å². The van der Waals surface area contributed by atoms with E-state index in [1.165, 1.54) is 83.5 Å². The van der Waals surface area contributed by atoms with Crippen LogP contribution in [0.1, 0.15) is 96.8 Å². The molecule has 0 radical (unpaired) electrons. The van der Waals surface area contributed by atoms with Gasteiger partial charge in [-0.25, -0.2) is 4.57 Å². The lowest BCUT2D eigenvalue weighted by molar-refractivity contribution is 0.0997. The topological polar surface area (TPSA) is 87.0 Å². The SMILES string of the molecule is CCCCCCCCCCCCCCCCSCC(O)COP(=O)(O)O. The molecule has 0 aromatic rings. The molecule has 0 aliphatic heterocycles. The van der Waals surface area contributed by atoms with Crippen molar-refractivity contribution in [1.29, 1.82) is 0 Å². The Bertz CT molecular complexity index is 338. The smallest absolute Gasteiger partial charge is 0.390 e. The van der Waals surface area contributed by atoms with Gasteiger partial charge in [0.2, 0.25) is 0 Å². The first-order valence-electron chi connectivity index (χ1n) is 10.4. The third kappa shape index (κ3) is 22.5. The van der Waals surface area contributed by atoms with E-state index in [9.17, 15) is 9.67 Å². The number of rotatable bonds is 20. The van der Waals surface area contributed by atoms with E-state index >= 15 is 0 Å². The molecule has 0 bridgehead atoms. The van der Waals surface area contributed by atoms with Crippen LogP contribution in [0.5, 0.6) is 0 Å². The largest absolute Gasteiger partial charge is 0.469 e. The molecule has 0 heterocycles. The molecule has 26 heavy (non-hydrogen) atoms. The summed E-state index contributed by atoms with van der Waals surface area (Å²) in [6, 6.07) is 0. The molecule has 0 spiro atoms. The molecule has 0 saturated carbocycles. The summed E-state index contributed by atoms with van der Waals surface area (Å²) in [7, 11) is -4.46. The van der Waals surface area contributed by atoms with Crippen LogP contribution in [-0.4, -0.2) is 39.1 Å². The number of phosphoric acid groups is 1. The highest BCUT2D eigenvalue weighted by molar-refractivity contribution is 7.99. The number of hydrogen-bond donors (Lipinski definition) is 3. The van der Waals surface area contributed by atoms with Crippen LogP contribution in [0.3, 0.4) is 0 Å². The minimum atomic E-state index is -4.46. The zero-order valence-corrected chi connectivity index (χ0v) is 18.3. The Balaban J connectivity index is 3.14. The van der Waals surface area contributed by atoms with E-state index in [4.69, 9.17) is 9.79 Å². The third-order valence-electron chi connectivity index (χ3n) is 4.39. The number of aliphatic hydroxyl groups excluding tert-OH is 1. The molecule has 3 N–H and O–H groups in total. The van der Waals surface area contributed by atoms with Crippen LogP contribution >= 0.6 is 19.6 Å². The maximum Gasteiger partial charge on any atom is 0.469 e. The molecule has 5 nitrogen and oxygen atoms in total. The van der Waals surface area contributed by atoms with Gasteiger partial charge in [-0.1, -0.05) is 90.4 Å². The molecule has 0 aromatic heterocycles. The Labute approximate surface area is 164 Å². The van der Waals surface area contributed by atoms with Crippen molar-refractivity contribution in [1.82, 2.24) is 0 Å². The van der Waals surface area contributed by atoms with Gasteiger partial charge < -0.3 is 14.9 Å². The van der Waals surface area contributed by atoms with E-state index < -0.39 is 13.9 Å². The molecule has 0 aromatic carbocycles. The van der Waals surface area contributed by atoms with Crippen molar-refractivity contribution in [2.24, 2.45) is 0 Å². The molecule has 1 atom stereocenters. The van der Waals surface area contributed by atoms with Crippen molar-refractivity contribution in [2.75, 3.05) is 18.1 Å². The summed E-state index contributed by atoms with van der Waals surface area (Å²) in [4.78, 5) is 17.1. The lowest BCUT2D eigenvalue weighted by Gasteiger charge is -2.11. The predicted molar refractivity (Wildman–Crippen MR) is 112 cm³/mol. The second kappa shape index (κ2) is 18.8. The average molecular weight is 413 g/mol. The van der Waals surface area contributed by atoms with Crippen molar-refractivity contribution in [3.05, 3.63) is 0 Å². The van der Waals surface area contributed by atoms with Crippen molar-refractivity contribution < 1.29 is 24.0 Å². The van der Waals surface area contributed by atoms with Crippen molar-refractivity contribution in [2.45, 2.75) is 103 Å². The Morgan fingerprint density at radius 3 is 1.65 bits per heavy atom. The van der Waals surface area contributed by atoms with Crippen molar-refractivity contribution in [3.8, 4) is 0 Å². The second-order valence-corrected chi connectivity index (χ2v) is 9.50. The highest BCUT2D eigenvalue weighted by Gasteiger charge is 2.16. The van der Waals surface area contributed by atoms with Gasteiger partial charge in [0.25, 0.3) is 0 Å². The fourth-order valence-corrected chi connectivity index (χ4v) is 4.16. The van der Waals surface area contributed by atoms with Crippen LogP contribution in [0.2, 0.25) is 0 Å². The molecule has 7 heteroatoms. The molecule has 0 amide bonds. The number of unbranched alkanes of at least 4 members (excludes halogenated alkanes) is 13. The van der Waals surface area contributed by atoms with Crippen LogP contribution < -0.4 is 0 Å². The van der Waals surface area contributed by atoms with E-state index in [1.54, 1.807) is 11.8 Å². The normalized spacial score (nSPS) is 13.2. The summed E-state index contributed by atoms with van der Waals surface area (Å²) in [5, 5.41) is 9.54. The first-order valence-corrected chi connectivity index (χ1v) is 13.1. The van der Waals surface area contributed by atoms with Crippen LogP contribution in [0, 0.1) is 0 Å². The Morgan fingerprint density at radius 1 is 0.808 bits per heavy atom. The maximum atomic E-state index is 10.5. The monoisotopic (exact) mass is 412 g/mol. The van der Waals surface area contributed by atoms with E-state index in [1.807, 2.05) is 0 Å². The van der Waals surface area contributed by atoms with E-state index in [-0.39, 0.29) is 6.61 Å². The Kier molecular flexibility index (Phi) is 19.1. The van der Waals surface area contributed by atoms with E-state index in [0.29, 0.717) is 5.75 Å². The zero-order valence-electron chi connectivity index (χ0n) is 16.6. The van der Waals surface area contributed by atoms with Crippen LogP contribution in [-0.2, 0) is 9.09 Å². The standard InChI is InChI=1S/C19H41O5PS/c1-2-3-4-5-6-7-8-9-10-11-12-13-14-15-16-26-18-19(20)17-24-25(21,22)23/h19-20H,2-18H2,1H3,(H2,21,22,23). The summed E-state index contributed by atoms with van der Waals surface area (Å²) in [6.07, 6.45) is 18.0. The van der Waals surface area contributed by atoms with Gasteiger partial charge >= 0.3 is 7.82 Å². The molecule has 1 unspecified atom stereocenters. The number of phosphoric ester groups is 1. The number of aliphatic hydroxyl groups is 1. The zero-order chi connectivity index (χ0) is 19.5. The summed E-state index contributed by atoms with van der Waals surface area (Å²) in [5.41, 5.74) is 0. The van der Waals surface area contributed by atoms with Crippen LogP contribution in [0.15, 0.2) is 0 Å². The van der Waals surface area contributed by atoms with Crippen molar-refractivity contribution in [3.63, 3.8) is 0 Å². The first-order chi connectivity index (χ1) is 12.5. The summed E-state index contributed by atoms with van der Waals surface area (Å²) in [6.45, 7) is 1.95. The Morgan fingerprint density at radius 2 is 1.23 bits per heavy atom. The Hall–Kier alpha value is 0.420. The summed E-state index contributed by atoms with van der Waals surface area (Å²) >= 11 is 1.61. The molecule has 0 saturated heterocycles. The van der Waals surface area contributed by atoms with Gasteiger partial charge in [-0.05, 0) is 12.2 Å². The summed E-state index contributed by atoms with van der Waals surface area (Å²) in [5.74, 6) is 1.43. The second-order valence-electron chi connectivity index (χ2n) is 7.11. The van der Waals surface area contributed by atoms with Gasteiger partial charge in [0, 0.05) is 5.75 Å². The predicted octanol–water partition coefficient (Wildman–Crippen LogP) is 5.67. The van der Waals surface area contributed by atoms with Crippen LogP contribution in [0.25, 0.3) is 0 Å². The molecule has 0 aliphatic carbocycles. The van der Waals surface area contributed by atoms with Crippen LogP contribution in [0.4, 0.5) is 0 Å². The maximum absolute atomic E-state index is 10.5. The lowest BCUT2D eigenvalue weighted by atomic mass is 10.0. The van der Waals surface area contributed by atoms with E-state index in [0.717, 1.165) is 12.2 Å². The first kappa shape index (κ1) is 26.4. The number of thioether (sulfide) groups is 1. The fourth-order valence-electron chi connectivity index (χ4n) is 2.85. The van der Waals surface area contributed by atoms with Crippen molar-refractivity contribution >= 4 is 19.6 Å². The minimum Gasteiger partial charge on any atom is -0.390 e.